The van der Waals surface area contributed by atoms with Crippen molar-refractivity contribution in [3.63, 3.8) is 0 Å². The van der Waals surface area contributed by atoms with Gasteiger partial charge < -0.3 is 4.74 Å². The van der Waals surface area contributed by atoms with Crippen molar-refractivity contribution in [2.45, 2.75) is 6.92 Å². The van der Waals surface area contributed by atoms with Crippen molar-refractivity contribution in [3.8, 4) is 0 Å². The molecule has 1 rings (SSSR count). The number of aryl methyl sites for hydroxylation is 1. The van der Waals surface area contributed by atoms with Gasteiger partial charge in [-0.05, 0) is 18.6 Å². The first-order chi connectivity index (χ1) is 5.65. The number of halogens is 1. The fourth-order valence-electron chi connectivity index (χ4n) is 0.756. The highest BCUT2D eigenvalue weighted by Crippen LogP contribution is 2.13. The monoisotopic (exact) mass is 185 g/mol. The predicted molar refractivity (Wildman–Crippen MR) is 45.3 cm³/mol. The van der Waals surface area contributed by atoms with Gasteiger partial charge in [-0.2, -0.15) is 0 Å². The topological polar surface area (TPSA) is 39.2 Å². The lowest BCUT2D eigenvalue weighted by Gasteiger charge is -2.00. The number of aromatic nitrogens is 1. The van der Waals surface area contributed by atoms with Gasteiger partial charge in [-0.1, -0.05) is 11.6 Å². The van der Waals surface area contributed by atoms with Gasteiger partial charge >= 0.3 is 5.97 Å². The normalized spacial score (nSPS) is 9.58. The summed E-state index contributed by atoms with van der Waals surface area (Å²) in [5, 5.41) is 0.544. The van der Waals surface area contributed by atoms with E-state index in [0.29, 0.717) is 5.02 Å². The summed E-state index contributed by atoms with van der Waals surface area (Å²) >= 11 is 5.71. The quantitative estimate of drug-likeness (QED) is 0.627. The molecule has 64 valence electrons. The van der Waals surface area contributed by atoms with Crippen LogP contribution in [-0.2, 0) is 4.74 Å². The molecule has 0 radical (unpaired) electrons. The van der Waals surface area contributed by atoms with Gasteiger partial charge in [0.2, 0.25) is 0 Å². The Balaban J connectivity index is 3.05. The van der Waals surface area contributed by atoms with Gasteiger partial charge in [0.15, 0.2) is 0 Å². The van der Waals surface area contributed by atoms with Crippen molar-refractivity contribution in [1.29, 1.82) is 0 Å². The first kappa shape index (κ1) is 9.00. The average Bonchev–Trinajstić information content (AvgIpc) is 2.08. The second-order valence-corrected chi connectivity index (χ2v) is 2.72. The molecule has 1 aromatic rings. The van der Waals surface area contributed by atoms with Crippen LogP contribution in [0.4, 0.5) is 0 Å². The molecule has 0 aliphatic carbocycles. The Morgan fingerprint density at radius 2 is 2.33 bits per heavy atom. The number of hydrogen-bond acceptors (Lipinski definition) is 3. The third kappa shape index (κ3) is 1.74. The molecule has 1 aromatic heterocycles. The van der Waals surface area contributed by atoms with Crippen molar-refractivity contribution in [3.05, 3.63) is 28.5 Å². The second kappa shape index (κ2) is 3.54. The molecule has 0 N–H and O–H groups in total. The molecule has 0 fully saturated rings. The molecule has 0 aliphatic rings. The number of esters is 1. The summed E-state index contributed by atoms with van der Waals surface area (Å²) in [5.74, 6) is -0.449. The summed E-state index contributed by atoms with van der Waals surface area (Å²) in [6, 6.07) is 1.59. The van der Waals surface area contributed by atoms with Crippen LogP contribution < -0.4 is 0 Å². The minimum absolute atomic E-state index is 0.277. The molecule has 3 nitrogen and oxygen atoms in total. The van der Waals surface area contributed by atoms with Crippen LogP contribution in [0.3, 0.4) is 0 Å². The van der Waals surface area contributed by atoms with E-state index in [-0.39, 0.29) is 5.69 Å². The number of nitrogens with zero attached hydrogens (tertiary/aromatic N) is 1. The maximum absolute atomic E-state index is 10.9. The van der Waals surface area contributed by atoms with Crippen molar-refractivity contribution in [2.75, 3.05) is 7.11 Å². The number of methoxy groups -OCH3 is 1. The molecule has 0 unspecified atom stereocenters. The molecular formula is C8H8ClNO2. The van der Waals surface area contributed by atoms with Gasteiger partial charge in [0.25, 0.3) is 0 Å². The van der Waals surface area contributed by atoms with E-state index in [1.54, 1.807) is 13.0 Å². The van der Waals surface area contributed by atoms with Crippen LogP contribution in [0.1, 0.15) is 16.1 Å². The van der Waals surface area contributed by atoms with Gasteiger partial charge in [0.05, 0.1) is 12.1 Å². The molecule has 0 aliphatic heterocycles. The zero-order chi connectivity index (χ0) is 9.14. The van der Waals surface area contributed by atoms with Crippen LogP contribution in [-0.4, -0.2) is 18.1 Å². The molecule has 0 bridgehead atoms. The molecule has 0 atom stereocenters. The van der Waals surface area contributed by atoms with E-state index in [4.69, 9.17) is 11.6 Å². The maximum Gasteiger partial charge on any atom is 0.356 e. The SMILES string of the molecule is COC(=O)c1cc(C)c(Cl)cn1. The third-order valence-electron chi connectivity index (χ3n) is 1.44. The Morgan fingerprint density at radius 1 is 1.67 bits per heavy atom. The molecule has 1 heterocycles. The minimum atomic E-state index is -0.449. The van der Waals surface area contributed by atoms with Crippen LogP contribution >= 0.6 is 11.6 Å². The Kier molecular flexibility index (Phi) is 2.65. The highest BCUT2D eigenvalue weighted by atomic mass is 35.5. The number of pyridine rings is 1. The maximum atomic E-state index is 10.9. The summed E-state index contributed by atoms with van der Waals surface area (Å²) in [6.45, 7) is 1.80. The standard InChI is InChI=1S/C8H8ClNO2/c1-5-3-7(8(11)12-2)10-4-6(5)9/h3-4H,1-2H3. The lowest BCUT2D eigenvalue weighted by molar-refractivity contribution is 0.0594. The largest absolute Gasteiger partial charge is 0.464 e. The fourth-order valence-corrected chi connectivity index (χ4v) is 0.859. The first-order valence-electron chi connectivity index (χ1n) is 3.35. The number of ether oxygens (including phenoxy) is 1. The first-order valence-corrected chi connectivity index (χ1v) is 3.73. The Labute approximate surface area is 75.3 Å². The van der Waals surface area contributed by atoms with Gasteiger partial charge in [-0.15, -0.1) is 0 Å². The smallest absolute Gasteiger partial charge is 0.356 e. The van der Waals surface area contributed by atoms with Crippen molar-refractivity contribution < 1.29 is 9.53 Å². The molecule has 0 aromatic carbocycles. The van der Waals surface area contributed by atoms with E-state index in [1.165, 1.54) is 13.3 Å². The van der Waals surface area contributed by atoms with E-state index in [0.717, 1.165) is 5.56 Å². The summed E-state index contributed by atoms with van der Waals surface area (Å²) in [5.41, 5.74) is 1.09. The van der Waals surface area contributed by atoms with Crippen LogP contribution in [0.15, 0.2) is 12.3 Å². The Morgan fingerprint density at radius 3 is 2.83 bits per heavy atom. The molecule has 4 heteroatoms. The zero-order valence-electron chi connectivity index (χ0n) is 6.80. The van der Waals surface area contributed by atoms with Crippen LogP contribution in [0.5, 0.6) is 0 Å². The second-order valence-electron chi connectivity index (χ2n) is 2.31. The predicted octanol–water partition coefficient (Wildman–Crippen LogP) is 1.83. The van der Waals surface area contributed by atoms with E-state index in [9.17, 15) is 4.79 Å². The molecule has 0 saturated heterocycles. The Hall–Kier alpha value is -1.09. The summed E-state index contributed by atoms with van der Waals surface area (Å²) < 4.78 is 4.49. The van der Waals surface area contributed by atoms with Crippen molar-refractivity contribution >= 4 is 17.6 Å². The number of hydrogen-bond donors (Lipinski definition) is 0. The minimum Gasteiger partial charge on any atom is -0.464 e. The average molecular weight is 186 g/mol. The van der Waals surface area contributed by atoms with Gasteiger partial charge in [0, 0.05) is 6.20 Å². The van der Waals surface area contributed by atoms with Gasteiger partial charge in [-0.3, -0.25) is 0 Å². The molecule has 0 saturated carbocycles. The summed E-state index contributed by atoms with van der Waals surface area (Å²) in [6.07, 6.45) is 1.43. The molecule has 0 spiro atoms. The van der Waals surface area contributed by atoms with Gasteiger partial charge in [-0.25, -0.2) is 9.78 Å². The molecular weight excluding hydrogens is 178 g/mol. The van der Waals surface area contributed by atoms with Crippen LogP contribution in [0.2, 0.25) is 5.02 Å². The van der Waals surface area contributed by atoms with Crippen LogP contribution in [0, 0.1) is 6.92 Å². The van der Waals surface area contributed by atoms with Crippen molar-refractivity contribution in [1.82, 2.24) is 4.98 Å². The number of carbonyl (C=O) groups excluding carboxylic acids is 1. The molecule has 12 heavy (non-hydrogen) atoms. The number of carbonyl (C=O) groups is 1. The van der Waals surface area contributed by atoms with E-state index >= 15 is 0 Å². The lowest BCUT2D eigenvalue weighted by atomic mass is 10.2. The highest BCUT2D eigenvalue weighted by molar-refractivity contribution is 6.31. The number of rotatable bonds is 1. The van der Waals surface area contributed by atoms with Crippen LogP contribution in [0.25, 0.3) is 0 Å². The van der Waals surface area contributed by atoms with Gasteiger partial charge in [0.1, 0.15) is 5.69 Å². The summed E-state index contributed by atoms with van der Waals surface area (Å²) in [4.78, 5) is 14.8. The van der Waals surface area contributed by atoms with E-state index < -0.39 is 5.97 Å². The summed E-state index contributed by atoms with van der Waals surface area (Å²) in [7, 11) is 1.31. The van der Waals surface area contributed by atoms with Crippen molar-refractivity contribution in [2.24, 2.45) is 0 Å². The van der Waals surface area contributed by atoms with E-state index in [2.05, 4.69) is 9.72 Å². The lowest BCUT2D eigenvalue weighted by Crippen LogP contribution is -2.04. The fraction of sp³-hybridized carbons (Fsp3) is 0.250. The van der Waals surface area contributed by atoms with E-state index in [1.807, 2.05) is 0 Å². The highest BCUT2D eigenvalue weighted by Gasteiger charge is 2.07. The zero-order valence-corrected chi connectivity index (χ0v) is 7.55. The third-order valence-corrected chi connectivity index (χ3v) is 1.84. The Bertz CT molecular complexity index is 312. The molecule has 0 amide bonds.